The summed E-state index contributed by atoms with van der Waals surface area (Å²) < 4.78 is 26.8. The average Bonchev–Trinajstić information content (AvgIpc) is 2.02. The van der Waals surface area contributed by atoms with E-state index in [2.05, 4.69) is 6.08 Å². The minimum atomic E-state index is -3.29. The zero-order valence-corrected chi connectivity index (χ0v) is 9.59. The Balaban J connectivity index is 2.48. The Morgan fingerprint density at radius 2 is 2.07 bits per heavy atom. The fraction of sp³-hybridized carbons (Fsp3) is 0.800. The smallest absolute Gasteiger partial charge is 0.264 e. The van der Waals surface area contributed by atoms with E-state index in [0.717, 1.165) is 31.9 Å². The van der Waals surface area contributed by atoms with Crippen LogP contribution in [0.2, 0.25) is 0 Å². The van der Waals surface area contributed by atoms with Crippen molar-refractivity contribution in [3.8, 4) is 0 Å². The van der Waals surface area contributed by atoms with Gasteiger partial charge >= 0.3 is 0 Å². The van der Waals surface area contributed by atoms with Crippen molar-refractivity contribution < 1.29 is 12.6 Å². The third-order valence-corrected chi connectivity index (χ3v) is 3.06. The Hall–Kier alpha value is -0.350. The summed E-state index contributed by atoms with van der Waals surface area (Å²) in [6.07, 6.45) is 9.05. The lowest BCUT2D eigenvalue weighted by molar-refractivity contribution is 0.145. The molecule has 82 valence electrons. The highest BCUT2D eigenvalue weighted by molar-refractivity contribution is 7.86. The quantitative estimate of drug-likeness (QED) is 0.538. The van der Waals surface area contributed by atoms with Crippen molar-refractivity contribution in [2.45, 2.75) is 38.7 Å². The van der Waals surface area contributed by atoms with Gasteiger partial charge in [0.15, 0.2) is 0 Å². The first-order chi connectivity index (χ1) is 6.51. The van der Waals surface area contributed by atoms with Crippen molar-refractivity contribution in [2.75, 3.05) is 6.26 Å². The van der Waals surface area contributed by atoms with Crippen molar-refractivity contribution in [2.24, 2.45) is 5.92 Å². The third-order valence-electron chi connectivity index (χ3n) is 2.44. The Bertz CT molecular complexity index is 292. The summed E-state index contributed by atoms with van der Waals surface area (Å²) >= 11 is 0. The molecule has 1 aliphatic rings. The fourth-order valence-electron chi connectivity index (χ4n) is 1.96. The van der Waals surface area contributed by atoms with Gasteiger partial charge in [-0.2, -0.15) is 8.42 Å². The zero-order valence-electron chi connectivity index (χ0n) is 8.77. The Kier molecular flexibility index (Phi) is 4.13. The molecule has 4 heteroatoms. The van der Waals surface area contributed by atoms with Crippen LogP contribution in [0.1, 0.15) is 32.6 Å². The molecule has 0 N–H and O–H groups in total. The van der Waals surface area contributed by atoms with Crippen molar-refractivity contribution in [3.63, 3.8) is 0 Å². The summed E-state index contributed by atoms with van der Waals surface area (Å²) in [6, 6.07) is 0. The molecule has 0 spiro atoms. The molecular formula is C10H18O3S. The van der Waals surface area contributed by atoms with E-state index in [1.54, 1.807) is 0 Å². The molecule has 1 fully saturated rings. The van der Waals surface area contributed by atoms with Gasteiger partial charge < -0.3 is 0 Å². The summed E-state index contributed by atoms with van der Waals surface area (Å²) in [6.45, 7) is 1.99. The highest BCUT2D eigenvalue weighted by Crippen LogP contribution is 2.27. The van der Waals surface area contributed by atoms with E-state index in [0.29, 0.717) is 5.92 Å². The average molecular weight is 218 g/mol. The second-order valence-corrected chi connectivity index (χ2v) is 5.48. The van der Waals surface area contributed by atoms with Crippen LogP contribution in [-0.2, 0) is 14.3 Å². The van der Waals surface area contributed by atoms with Gasteiger partial charge in [0.05, 0.1) is 12.4 Å². The SMILES string of the molecule is C/C=C/C1CCCC(OS(C)(=O)=O)C1. The van der Waals surface area contributed by atoms with Crippen molar-refractivity contribution >= 4 is 10.1 Å². The Morgan fingerprint density at radius 1 is 1.36 bits per heavy atom. The van der Waals surface area contributed by atoms with Crippen LogP contribution in [0.5, 0.6) is 0 Å². The molecule has 1 aliphatic carbocycles. The van der Waals surface area contributed by atoms with Gasteiger partial charge in [0.1, 0.15) is 0 Å². The van der Waals surface area contributed by atoms with Crippen LogP contribution in [0, 0.1) is 5.92 Å². The lowest BCUT2D eigenvalue weighted by atomic mass is 9.87. The van der Waals surface area contributed by atoms with Crippen LogP contribution in [-0.4, -0.2) is 20.8 Å². The van der Waals surface area contributed by atoms with E-state index in [4.69, 9.17) is 4.18 Å². The minimum Gasteiger partial charge on any atom is -0.267 e. The van der Waals surface area contributed by atoms with Gasteiger partial charge in [0, 0.05) is 0 Å². The molecule has 0 amide bonds. The molecule has 0 radical (unpaired) electrons. The molecule has 0 aromatic heterocycles. The lowest BCUT2D eigenvalue weighted by Crippen LogP contribution is -2.24. The third kappa shape index (κ3) is 4.24. The minimum absolute atomic E-state index is 0.111. The first kappa shape index (κ1) is 11.7. The topological polar surface area (TPSA) is 43.4 Å². The molecule has 3 nitrogen and oxygen atoms in total. The maximum absolute atomic E-state index is 10.9. The van der Waals surface area contributed by atoms with E-state index in [1.165, 1.54) is 0 Å². The first-order valence-electron chi connectivity index (χ1n) is 5.02. The largest absolute Gasteiger partial charge is 0.267 e. The predicted octanol–water partition coefficient (Wildman–Crippen LogP) is 2.10. The monoisotopic (exact) mass is 218 g/mol. The summed E-state index contributed by atoms with van der Waals surface area (Å²) in [5, 5.41) is 0. The summed E-state index contributed by atoms with van der Waals surface area (Å²) in [4.78, 5) is 0. The predicted molar refractivity (Wildman–Crippen MR) is 56.5 cm³/mol. The van der Waals surface area contributed by atoms with Crippen LogP contribution >= 0.6 is 0 Å². The second kappa shape index (κ2) is 4.94. The summed E-state index contributed by atoms with van der Waals surface area (Å²) in [7, 11) is -3.29. The molecule has 0 bridgehead atoms. The van der Waals surface area contributed by atoms with Crippen LogP contribution in [0.4, 0.5) is 0 Å². The molecule has 2 atom stereocenters. The second-order valence-electron chi connectivity index (χ2n) is 3.87. The number of rotatable bonds is 3. The van der Waals surface area contributed by atoms with Crippen LogP contribution in [0.25, 0.3) is 0 Å². The fourth-order valence-corrected chi connectivity index (χ4v) is 2.63. The molecule has 0 saturated heterocycles. The van der Waals surface area contributed by atoms with Crippen LogP contribution < -0.4 is 0 Å². The zero-order chi connectivity index (χ0) is 10.6. The lowest BCUT2D eigenvalue weighted by Gasteiger charge is -2.26. The first-order valence-corrected chi connectivity index (χ1v) is 6.84. The van der Waals surface area contributed by atoms with E-state index >= 15 is 0 Å². The number of hydrogen-bond donors (Lipinski definition) is 0. The van der Waals surface area contributed by atoms with Crippen LogP contribution in [0.15, 0.2) is 12.2 Å². The Morgan fingerprint density at radius 3 is 2.64 bits per heavy atom. The van der Waals surface area contributed by atoms with Gasteiger partial charge in [-0.15, -0.1) is 0 Å². The molecule has 0 aromatic carbocycles. The summed E-state index contributed by atoms with van der Waals surface area (Å²) in [5.41, 5.74) is 0. The Labute approximate surface area is 86.3 Å². The molecule has 1 rings (SSSR count). The normalized spacial score (nSPS) is 29.6. The molecule has 14 heavy (non-hydrogen) atoms. The van der Waals surface area contributed by atoms with Crippen molar-refractivity contribution in [1.82, 2.24) is 0 Å². The summed E-state index contributed by atoms with van der Waals surface area (Å²) in [5.74, 6) is 0.487. The van der Waals surface area contributed by atoms with Gasteiger partial charge in [-0.05, 0) is 32.1 Å². The molecule has 2 unspecified atom stereocenters. The highest BCUT2D eigenvalue weighted by atomic mass is 32.2. The van der Waals surface area contributed by atoms with Gasteiger partial charge in [-0.1, -0.05) is 18.6 Å². The van der Waals surface area contributed by atoms with E-state index in [1.807, 2.05) is 13.0 Å². The molecule has 0 aromatic rings. The molecule has 0 aliphatic heterocycles. The van der Waals surface area contributed by atoms with Gasteiger partial charge in [-0.25, -0.2) is 0 Å². The van der Waals surface area contributed by atoms with E-state index in [9.17, 15) is 8.42 Å². The number of allylic oxidation sites excluding steroid dienone is 2. The molecule has 1 saturated carbocycles. The maximum Gasteiger partial charge on any atom is 0.264 e. The van der Waals surface area contributed by atoms with Crippen molar-refractivity contribution in [1.29, 1.82) is 0 Å². The van der Waals surface area contributed by atoms with Crippen molar-refractivity contribution in [3.05, 3.63) is 12.2 Å². The number of hydrogen-bond acceptors (Lipinski definition) is 3. The van der Waals surface area contributed by atoms with E-state index in [-0.39, 0.29) is 6.10 Å². The van der Waals surface area contributed by atoms with E-state index < -0.39 is 10.1 Å². The van der Waals surface area contributed by atoms with Gasteiger partial charge in [0.25, 0.3) is 10.1 Å². The highest BCUT2D eigenvalue weighted by Gasteiger charge is 2.23. The van der Waals surface area contributed by atoms with Gasteiger partial charge in [-0.3, -0.25) is 4.18 Å². The molecule has 0 heterocycles. The standard InChI is InChI=1S/C10H18O3S/c1-3-5-9-6-4-7-10(8-9)13-14(2,11)12/h3,5,9-10H,4,6-8H2,1-2H3/b5-3+. The van der Waals surface area contributed by atoms with Crippen LogP contribution in [0.3, 0.4) is 0 Å². The molecular weight excluding hydrogens is 200 g/mol. The maximum atomic E-state index is 10.9. The van der Waals surface area contributed by atoms with Gasteiger partial charge in [0.2, 0.25) is 0 Å².